The number of aromatic nitrogens is 1. The lowest BCUT2D eigenvalue weighted by Gasteiger charge is -2.21. The zero-order valence-corrected chi connectivity index (χ0v) is 9.72. The molecule has 3 N–H and O–H groups in total. The molecule has 0 aromatic carbocycles. The SMILES string of the molecule is CCCN(CC)c1ccc(/C(N)=N/O)cn1. The van der Waals surface area contributed by atoms with E-state index in [9.17, 15) is 0 Å². The summed E-state index contributed by atoms with van der Waals surface area (Å²) in [6.07, 6.45) is 2.69. The van der Waals surface area contributed by atoms with Crippen LogP contribution in [-0.4, -0.2) is 29.1 Å². The van der Waals surface area contributed by atoms with Crippen molar-refractivity contribution in [2.45, 2.75) is 20.3 Å². The maximum Gasteiger partial charge on any atom is 0.171 e. The summed E-state index contributed by atoms with van der Waals surface area (Å²) in [5.41, 5.74) is 6.08. The van der Waals surface area contributed by atoms with Gasteiger partial charge in [-0.2, -0.15) is 0 Å². The van der Waals surface area contributed by atoms with Gasteiger partial charge in [0.25, 0.3) is 0 Å². The molecule has 0 unspecified atom stereocenters. The van der Waals surface area contributed by atoms with Gasteiger partial charge in [0.05, 0.1) is 0 Å². The van der Waals surface area contributed by atoms with E-state index in [0.29, 0.717) is 5.56 Å². The number of hydrogen-bond acceptors (Lipinski definition) is 4. The summed E-state index contributed by atoms with van der Waals surface area (Å²) >= 11 is 0. The van der Waals surface area contributed by atoms with Gasteiger partial charge in [-0.25, -0.2) is 4.98 Å². The van der Waals surface area contributed by atoms with Crippen LogP contribution in [-0.2, 0) is 0 Å². The summed E-state index contributed by atoms with van der Waals surface area (Å²) in [5.74, 6) is 0.997. The van der Waals surface area contributed by atoms with Crippen molar-refractivity contribution in [2.24, 2.45) is 10.9 Å². The van der Waals surface area contributed by atoms with Crippen molar-refractivity contribution in [2.75, 3.05) is 18.0 Å². The molecule has 1 heterocycles. The molecule has 0 aliphatic carbocycles. The predicted molar refractivity (Wildman–Crippen MR) is 64.9 cm³/mol. The van der Waals surface area contributed by atoms with E-state index in [1.165, 1.54) is 0 Å². The highest BCUT2D eigenvalue weighted by Gasteiger charge is 2.05. The van der Waals surface area contributed by atoms with Crippen LogP contribution in [0.5, 0.6) is 0 Å². The van der Waals surface area contributed by atoms with Gasteiger partial charge in [-0.1, -0.05) is 12.1 Å². The molecule has 0 fully saturated rings. The summed E-state index contributed by atoms with van der Waals surface area (Å²) in [4.78, 5) is 6.47. The van der Waals surface area contributed by atoms with Gasteiger partial charge >= 0.3 is 0 Å². The summed E-state index contributed by atoms with van der Waals surface area (Å²) in [7, 11) is 0. The van der Waals surface area contributed by atoms with E-state index in [1.807, 2.05) is 6.07 Å². The lowest BCUT2D eigenvalue weighted by molar-refractivity contribution is 0.318. The molecule has 0 aliphatic rings. The molecular formula is C11H18N4O. The number of oxime groups is 1. The average Bonchev–Trinajstić information content (AvgIpc) is 2.35. The minimum Gasteiger partial charge on any atom is -0.409 e. The van der Waals surface area contributed by atoms with E-state index >= 15 is 0 Å². The van der Waals surface area contributed by atoms with Gasteiger partial charge < -0.3 is 15.8 Å². The zero-order chi connectivity index (χ0) is 12.0. The minimum absolute atomic E-state index is 0.0811. The van der Waals surface area contributed by atoms with E-state index < -0.39 is 0 Å². The Bertz CT molecular complexity index is 348. The molecule has 0 amide bonds. The first kappa shape index (κ1) is 12.3. The summed E-state index contributed by atoms with van der Waals surface area (Å²) in [6, 6.07) is 3.68. The van der Waals surface area contributed by atoms with Gasteiger partial charge in [0.2, 0.25) is 0 Å². The predicted octanol–water partition coefficient (Wildman–Crippen LogP) is 1.41. The number of anilines is 1. The van der Waals surface area contributed by atoms with Gasteiger partial charge in [0, 0.05) is 24.8 Å². The molecule has 0 saturated heterocycles. The van der Waals surface area contributed by atoms with Crippen LogP contribution in [0, 0.1) is 0 Å². The molecule has 88 valence electrons. The number of nitrogens with two attached hydrogens (primary N) is 1. The Morgan fingerprint density at radius 2 is 2.25 bits per heavy atom. The summed E-state index contributed by atoms with van der Waals surface area (Å²) < 4.78 is 0. The first-order valence-electron chi connectivity index (χ1n) is 5.41. The molecule has 5 heteroatoms. The highest BCUT2D eigenvalue weighted by molar-refractivity contribution is 5.96. The Morgan fingerprint density at radius 1 is 1.50 bits per heavy atom. The highest BCUT2D eigenvalue weighted by atomic mass is 16.4. The smallest absolute Gasteiger partial charge is 0.171 e. The lowest BCUT2D eigenvalue weighted by atomic mass is 10.2. The van der Waals surface area contributed by atoms with Crippen LogP contribution >= 0.6 is 0 Å². The second-order valence-corrected chi connectivity index (χ2v) is 3.47. The van der Waals surface area contributed by atoms with Gasteiger partial charge in [-0.15, -0.1) is 0 Å². The van der Waals surface area contributed by atoms with Gasteiger partial charge in [-0.05, 0) is 25.5 Å². The number of rotatable bonds is 5. The fourth-order valence-corrected chi connectivity index (χ4v) is 1.49. The molecule has 0 radical (unpaired) electrons. The Hall–Kier alpha value is -1.78. The van der Waals surface area contributed by atoms with Crippen LogP contribution in [0.2, 0.25) is 0 Å². The summed E-state index contributed by atoms with van der Waals surface area (Å²) in [5, 5.41) is 11.5. The average molecular weight is 222 g/mol. The number of amidine groups is 1. The molecule has 0 saturated carbocycles. The minimum atomic E-state index is 0.0811. The van der Waals surface area contributed by atoms with Crippen molar-refractivity contribution in [1.82, 2.24) is 4.98 Å². The van der Waals surface area contributed by atoms with Crippen molar-refractivity contribution in [1.29, 1.82) is 0 Å². The van der Waals surface area contributed by atoms with Gasteiger partial charge in [-0.3, -0.25) is 0 Å². The normalized spacial score (nSPS) is 11.5. The second-order valence-electron chi connectivity index (χ2n) is 3.47. The Morgan fingerprint density at radius 3 is 2.69 bits per heavy atom. The van der Waals surface area contributed by atoms with Gasteiger partial charge in [0.1, 0.15) is 5.82 Å². The maximum atomic E-state index is 8.52. The highest BCUT2D eigenvalue weighted by Crippen LogP contribution is 2.11. The van der Waals surface area contributed by atoms with Crippen LogP contribution in [0.1, 0.15) is 25.8 Å². The largest absolute Gasteiger partial charge is 0.409 e. The van der Waals surface area contributed by atoms with E-state index in [1.54, 1.807) is 12.3 Å². The maximum absolute atomic E-state index is 8.52. The molecule has 0 aliphatic heterocycles. The van der Waals surface area contributed by atoms with E-state index in [4.69, 9.17) is 10.9 Å². The van der Waals surface area contributed by atoms with Crippen molar-refractivity contribution >= 4 is 11.7 Å². The first-order chi connectivity index (χ1) is 7.72. The van der Waals surface area contributed by atoms with Crippen molar-refractivity contribution < 1.29 is 5.21 Å². The standard InChI is InChI=1S/C11H18N4O/c1-3-7-15(4-2)10-6-5-9(8-13-10)11(12)14-16/h5-6,8,16H,3-4,7H2,1-2H3,(H2,12,14). The fraction of sp³-hybridized carbons (Fsp3) is 0.455. The number of nitrogens with zero attached hydrogens (tertiary/aromatic N) is 3. The quantitative estimate of drug-likeness (QED) is 0.342. The molecule has 1 aromatic heterocycles. The second kappa shape index (κ2) is 5.95. The molecule has 0 atom stereocenters. The van der Waals surface area contributed by atoms with E-state index in [-0.39, 0.29) is 5.84 Å². The van der Waals surface area contributed by atoms with E-state index in [0.717, 1.165) is 25.3 Å². The number of hydrogen-bond donors (Lipinski definition) is 2. The molecule has 16 heavy (non-hydrogen) atoms. The lowest BCUT2D eigenvalue weighted by Crippen LogP contribution is -2.24. The molecule has 0 spiro atoms. The third-order valence-electron chi connectivity index (χ3n) is 2.35. The topological polar surface area (TPSA) is 74.7 Å². The molecule has 1 aromatic rings. The van der Waals surface area contributed by atoms with Crippen LogP contribution in [0.4, 0.5) is 5.82 Å². The molecule has 5 nitrogen and oxygen atoms in total. The van der Waals surface area contributed by atoms with Crippen molar-refractivity contribution in [3.05, 3.63) is 23.9 Å². The third kappa shape index (κ3) is 2.85. The molecule has 0 bridgehead atoms. The van der Waals surface area contributed by atoms with Gasteiger partial charge in [0.15, 0.2) is 5.84 Å². The third-order valence-corrected chi connectivity index (χ3v) is 2.35. The zero-order valence-electron chi connectivity index (χ0n) is 9.72. The van der Waals surface area contributed by atoms with Crippen LogP contribution < -0.4 is 10.6 Å². The molecular weight excluding hydrogens is 204 g/mol. The fourth-order valence-electron chi connectivity index (χ4n) is 1.49. The van der Waals surface area contributed by atoms with Crippen molar-refractivity contribution in [3.63, 3.8) is 0 Å². The Kier molecular flexibility index (Phi) is 4.57. The van der Waals surface area contributed by atoms with Crippen LogP contribution in [0.25, 0.3) is 0 Å². The first-order valence-corrected chi connectivity index (χ1v) is 5.41. The van der Waals surface area contributed by atoms with Crippen molar-refractivity contribution in [3.8, 4) is 0 Å². The van der Waals surface area contributed by atoms with Crippen LogP contribution in [0.3, 0.4) is 0 Å². The number of pyridine rings is 1. The Labute approximate surface area is 95.6 Å². The summed E-state index contributed by atoms with van der Waals surface area (Å²) in [6.45, 7) is 6.12. The molecule has 1 rings (SSSR count). The van der Waals surface area contributed by atoms with E-state index in [2.05, 4.69) is 28.9 Å². The Balaban J connectivity index is 2.84. The monoisotopic (exact) mass is 222 g/mol. The van der Waals surface area contributed by atoms with Crippen LogP contribution in [0.15, 0.2) is 23.5 Å².